The van der Waals surface area contributed by atoms with Crippen LogP contribution in [0, 0.1) is 16.7 Å². The van der Waals surface area contributed by atoms with Gasteiger partial charge in [-0.1, -0.05) is 0 Å². The zero-order chi connectivity index (χ0) is 15.1. The molecule has 0 aliphatic rings. The Balaban J connectivity index is 3.13. The monoisotopic (exact) mass is 273 g/mol. The zero-order valence-electron chi connectivity index (χ0n) is 11.2. The first kappa shape index (κ1) is 15.2. The molecule has 0 atom stereocenters. The highest BCUT2D eigenvalue weighted by Gasteiger charge is 2.08. The molecule has 4 N–H and O–H groups in total. The van der Waals surface area contributed by atoms with Crippen LogP contribution in [-0.4, -0.2) is 23.9 Å². The highest BCUT2D eigenvalue weighted by atomic mass is 16.5. The van der Waals surface area contributed by atoms with Crippen molar-refractivity contribution in [2.45, 2.75) is 13.8 Å². The van der Waals surface area contributed by atoms with Crippen molar-refractivity contribution in [2.24, 2.45) is 10.8 Å². The van der Waals surface area contributed by atoms with Crippen molar-refractivity contribution in [2.75, 3.05) is 12.0 Å². The topological polar surface area (TPSA) is 124 Å². The zero-order valence-corrected chi connectivity index (χ0v) is 11.2. The van der Waals surface area contributed by atoms with Crippen molar-refractivity contribution in [3.05, 3.63) is 23.8 Å². The molecule has 0 saturated carbocycles. The highest BCUT2D eigenvalue weighted by Crippen LogP contribution is 2.26. The number of ether oxygens (including phenoxy) is 1. The van der Waals surface area contributed by atoms with Crippen LogP contribution in [0.2, 0.25) is 0 Å². The number of ketones is 1. The van der Waals surface area contributed by atoms with E-state index >= 15 is 0 Å². The lowest BCUT2D eigenvalue weighted by Crippen LogP contribution is -2.22. The number of nitrogens with zero attached hydrogens (tertiary/aromatic N) is 2. The lowest BCUT2D eigenvalue weighted by molar-refractivity contribution is 0.101. The Morgan fingerprint density at radius 3 is 2.80 bits per heavy atom. The number of hydrazone groups is 1. The van der Waals surface area contributed by atoms with Gasteiger partial charge in [0.1, 0.15) is 11.8 Å². The van der Waals surface area contributed by atoms with E-state index in [9.17, 15) is 4.79 Å². The Morgan fingerprint density at radius 1 is 1.60 bits per heavy atom. The molecule has 20 heavy (non-hydrogen) atoms. The number of nitrogens with one attached hydrogen (secondary N) is 2. The molecule has 0 heterocycles. The van der Waals surface area contributed by atoms with Crippen LogP contribution in [0.5, 0.6) is 5.75 Å². The summed E-state index contributed by atoms with van der Waals surface area (Å²) in [6, 6.07) is 6.53. The standard InChI is InChI=1S/C13H15N5O2/c1-3-20-12-5-4-9(8(2)19)6-10(12)17-18-11(7-14)13(15)16/h4-6,17H,3H2,1-2H3,(H3,15,16)/b18-11+. The number of hydrogen-bond donors (Lipinski definition) is 3. The summed E-state index contributed by atoms with van der Waals surface area (Å²) < 4.78 is 5.39. The molecule has 1 rings (SSSR count). The molecule has 7 heteroatoms. The minimum absolute atomic E-state index is 0.104. The molecular weight excluding hydrogens is 258 g/mol. The van der Waals surface area contributed by atoms with E-state index in [0.29, 0.717) is 23.6 Å². The molecule has 0 spiro atoms. The summed E-state index contributed by atoms with van der Waals surface area (Å²) in [5, 5.41) is 19.6. The molecule has 1 aromatic carbocycles. The van der Waals surface area contributed by atoms with Crippen LogP contribution >= 0.6 is 0 Å². The van der Waals surface area contributed by atoms with Crippen LogP contribution in [0.1, 0.15) is 24.2 Å². The number of carbonyl (C=O) groups is 1. The molecule has 104 valence electrons. The summed E-state index contributed by atoms with van der Waals surface area (Å²) in [5.74, 6) is -0.0603. The van der Waals surface area contributed by atoms with Gasteiger partial charge in [0.05, 0.1) is 12.3 Å². The number of nitriles is 1. The molecule has 0 unspecified atom stereocenters. The summed E-state index contributed by atoms with van der Waals surface area (Å²) in [5.41, 5.74) is 8.44. The van der Waals surface area contributed by atoms with Crippen LogP contribution in [0.25, 0.3) is 0 Å². The van der Waals surface area contributed by atoms with Gasteiger partial charge in [0.2, 0.25) is 5.71 Å². The molecule has 0 radical (unpaired) electrons. The van der Waals surface area contributed by atoms with E-state index in [2.05, 4.69) is 10.5 Å². The molecule has 0 fully saturated rings. The van der Waals surface area contributed by atoms with Gasteiger partial charge in [0.15, 0.2) is 11.6 Å². The van der Waals surface area contributed by atoms with Crippen LogP contribution in [0.3, 0.4) is 0 Å². The molecule has 0 aromatic heterocycles. The molecule has 0 amide bonds. The van der Waals surface area contributed by atoms with E-state index < -0.39 is 5.84 Å². The van der Waals surface area contributed by atoms with Gasteiger partial charge in [-0.25, -0.2) is 0 Å². The lowest BCUT2D eigenvalue weighted by atomic mass is 10.1. The van der Waals surface area contributed by atoms with Crippen molar-refractivity contribution < 1.29 is 9.53 Å². The van der Waals surface area contributed by atoms with E-state index in [1.807, 2.05) is 6.92 Å². The molecule has 0 aliphatic heterocycles. The fraction of sp³-hybridized carbons (Fsp3) is 0.231. The predicted molar refractivity (Wildman–Crippen MR) is 76.2 cm³/mol. The first-order valence-electron chi connectivity index (χ1n) is 5.85. The number of rotatable bonds is 6. The SMILES string of the molecule is CCOc1ccc(C(C)=O)cc1N/N=C(\C#N)C(=N)N. The number of carbonyl (C=O) groups excluding carboxylic acids is 1. The average Bonchev–Trinajstić information content (AvgIpc) is 2.40. The number of amidine groups is 1. The first-order valence-corrected chi connectivity index (χ1v) is 5.85. The highest BCUT2D eigenvalue weighted by molar-refractivity contribution is 6.45. The Hall–Kier alpha value is -2.88. The third-order valence-corrected chi connectivity index (χ3v) is 2.34. The Labute approximate surface area is 116 Å². The second kappa shape index (κ2) is 6.89. The van der Waals surface area contributed by atoms with Crippen molar-refractivity contribution in [3.8, 4) is 11.8 Å². The molecule has 0 saturated heterocycles. The normalized spacial score (nSPS) is 10.6. The van der Waals surface area contributed by atoms with Gasteiger partial charge in [-0.3, -0.25) is 15.6 Å². The predicted octanol–water partition coefficient (Wildman–Crippen LogP) is 1.52. The summed E-state index contributed by atoms with van der Waals surface area (Å²) >= 11 is 0. The largest absolute Gasteiger partial charge is 0.492 e. The quantitative estimate of drug-likeness (QED) is 0.313. The molecule has 0 aliphatic carbocycles. The van der Waals surface area contributed by atoms with Crippen LogP contribution in [-0.2, 0) is 0 Å². The van der Waals surface area contributed by atoms with Gasteiger partial charge >= 0.3 is 0 Å². The Kier molecular flexibility index (Phi) is 5.23. The van der Waals surface area contributed by atoms with E-state index in [1.54, 1.807) is 24.3 Å². The fourth-order valence-electron chi connectivity index (χ4n) is 1.38. The average molecular weight is 273 g/mol. The second-order valence-corrected chi connectivity index (χ2v) is 3.80. The van der Waals surface area contributed by atoms with E-state index in [-0.39, 0.29) is 11.5 Å². The summed E-state index contributed by atoms with van der Waals surface area (Å²) in [7, 11) is 0. The van der Waals surface area contributed by atoms with Gasteiger partial charge in [-0.15, -0.1) is 0 Å². The summed E-state index contributed by atoms with van der Waals surface area (Å²) in [6.07, 6.45) is 0. The summed E-state index contributed by atoms with van der Waals surface area (Å²) in [4.78, 5) is 11.4. The van der Waals surface area contributed by atoms with Crippen LogP contribution in [0.15, 0.2) is 23.3 Å². The van der Waals surface area contributed by atoms with Crippen molar-refractivity contribution in [1.29, 1.82) is 10.7 Å². The first-order chi connectivity index (χ1) is 9.49. The maximum absolute atomic E-state index is 11.4. The fourth-order valence-corrected chi connectivity index (χ4v) is 1.38. The van der Waals surface area contributed by atoms with Gasteiger partial charge < -0.3 is 10.5 Å². The number of nitrogens with two attached hydrogens (primary N) is 1. The smallest absolute Gasteiger partial charge is 0.201 e. The van der Waals surface area contributed by atoms with Crippen molar-refractivity contribution >= 4 is 23.0 Å². The third-order valence-electron chi connectivity index (χ3n) is 2.34. The Bertz CT molecular complexity index is 601. The molecular formula is C13H15N5O2. The van der Waals surface area contributed by atoms with Crippen LogP contribution in [0.4, 0.5) is 5.69 Å². The van der Waals surface area contributed by atoms with Gasteiger partial charge in [-0.05, 0) is 32.0 Å². The Morgan fingerprint density at radius 2 is 2.30 bits per heavy atom. The molecule has 1 aromatic rings. The van der Waals surface area contributed by atoms with E-state index in [0.717, 1.165) is 0 Å². The number of Topliss-reactive ketones (excluding diaryl/α,β-unsaturated/α-hetero) is 1. The maximum atomic E-state index is 11.4. The number of benzene rings is 1. The van der Waals surface area contributed by atoms with Gasteiger partial charge in [0.25, 0.3) is 0 Å². The van der Waals surface area contributed by atoms with Crippen molar-refractivity contribution in [1.82, 2.24) is 0 Å². The lowest BCUT2D eigenvalue weighted by Gasteiger charge is -2.10. The van der Waals surface area contributed by atoms with Gasteiger partial charge in [0, 0.05) is 5.56 Å². The van der Waals surface area contributed by atoms with E-state index in [4.69, 9.17) is 21.1 Å². The molecule has 7 nitrogen and oxygen atoms in total. The second-order valence-electron chi connectivity index (χ2n) is 3.80. The van der Waals surface area contributed by atoms with Gasteiger partial charge in [-0.2, -0.15) is 10.4 Å². The third kappa shape index (κ3) is 3.81. The minimum Gasteiger partial charge on any atom is -0.492 e. The maximum Gasteiger partial charge on any atom is 0.201 e. The minimum atomic E-state index is -0.444. The van der Waals surface area contributed by atoms with Crippen molar-refractivity contribution in [3.63, 3.8) is 0 Å². The number of hydrogen-bond acceptors (Lipinski definition) is 6. The summed E-state index contributed by atoms with van der Waals surface area (Å²) in [6.45, 7) is 3.71. The van der Waals surface area contributed by atoms with Crippen LogP contribution < -0.4 is 15.9 Å². The van der Waals surface area contributed by atoms with E-state index in [1.165, 1.54) is 6.92 Å². The molecule has 0 bridgehead atoms. The number of anilines is 1.